The maximum atomic E-state index is 11.3. The summed E-state index contributed by atoms with van der Waals surface area (Å²) in [5.74, 6) is 0.764. The van der Waals surface area contributed by atoms with Gasteiger partial charge in [0, 0.05) is 24.5 Å². The second kappa shape index (κ2) is 6.37. The molecule has 0 heterocycles. The molecule has 0 radical (unpaired) electrons. The van der Waals surface area contributed by atoms with E-state index >= 15 is 0 Å². The van der Waals surface area contributed by atoms with E-state index in [9.17, 15) is 4.79 Å². The molecule has 1 saturated carbocycles. The zero-order chi connectivity index (χ0) is 15.5. The van der Waals surface area contributed by atoms with Crippen LogP contribution in [0.1, 0.15) is 40.0 Å². The Morgan fingerprint density at radius 3 is 2.33 bits per heavy atom. The van der Waals surface area contributed by atoms with Gasteiger partial charge in [-0.2, -0.15) is 0 Å². The zero-order valence-electron chi connectivity index (χ0n) is 13.5. The fourth-order valence-corrected chi connectivity index (χ4v) is 3.54. The van der Waals surface area contributed by atoms with Gasteiger partial charge in [0.1, 0.15) is 0 Å². The molecule has 0 bridgehead atoms. The van der Waals surface area contributed by atoms with Crippen LogP contribution in [0.3, 0.4) is 0 Å². The summed E-state index contributed by atoms with van der Waals surface area (Å²) in [6, 6.07) is 8.24. The maximum Gasteiger partial charge on any atom is 0.318 e. The van der Waals surface area contributed by atoms with Crippen molar-refractivity contribution in [1.29, 1.82) is 0 Å². The number of hydrogen-bond donors (Lipinski definition) is 3. The minimum Gasteiger partial charge on any atom is -0.382 e. The molecule has 2 amide bonds. The van der Waals surface area contributed by atoms with Crippen LogP contribution in [0.25, 0.3) is 0 Å². The molecule has 2 atom stereocenters. The van der Waals surface area contributed by atoms with E-state index in [0.717, 1.165) is 17.3 Å². The third-order valence-corrected chi connectivity index (χ3v) is 4.13. The fourth-order valence-electron chi connectivity index (χ4n) is 3.54. The molecule has 1 fully saturated rings. The Labute approximate surface area is 127 Å². The molecule has 0 saturated heterocycles. The molecular formula is C17H27N3O. The van der Waals surface area contributed by atoms with Gasteiger partial charge < -0.3 is 16.0 Å². The van der Waals surface area contributed by atoms with E-state index < -0.39 is 0 Å². The third kappa shape index (κ3) is 4.66. The summed E-state index contributed by atoms with van der Waals surface area (Å²) < 4.78 is 0. The molecule has 0 aliphatic heterocycles. The average Bonchev–Trinajstić information content (AvgIpc) is 2.38. The smallest absolute Gasteiger partial charge is 0.318 e. The number of rotatable bonds is 3. The van der Waals surface area contributed by atoms with Gasteiger partial charge in [0.2, 0.25) is 0 Å². The van der Waals surface area contributed by atoms with E-state index in [1.807, 2.05) is 24.3 Å². The number of carbonyl (C=O) groups excluding carboxylic acids is 1. The van der Waals surface area contributed by atoms with E-state index in [2.05, 4.69) is 36.7 Å². The average molecular weight is 289 g/mol. The van der Waals surface area contributed by atoms with E-state index in [1.165, 1.54) is 19.3 Å². The van der Waals surface area contributed by atoms with Crippen LogP contribution in [-0.4, -0.2) is 19.1 Å². The van der Waals surface area contributed by atoms with Gasteiger partial charge in [-0.25, -0.2) is 4.79 Å². The van der Waals surface area contributed by atoms with Crippen molar-refractivity contribution in [3.8, 4) is 0 Å². The molecule has 1 aliphatic rings. The summed E-state index contributed by atoms with van der Waals surface area (Å²) in [6.07, 6.45) is 3.73. The van der Waals surface area contributed by atoms with Crippen LogP contribution >= 0.6 is 0 Å². The van der Waals surface area contributed by atoms with Crippen molar-refractivity contribution in [1.82, 2.24) is 5.32 Å². The lowest BCUT2D eigenvalue weighted by Gasteiger charge is -2.39. The standard InChI is InChI=1S/C17H27N3O/c1-12-9-15(11-17(2,3)10-12)19-13-5-7-14(8-6-13)20-16(21)18-4/h5-8,12,15,19H,9-11H2,1-4H3,(H2,18,20,21). The fraction of sp³-hybridized carbons (Fsp3) is 0.588. The second-order valence-electron chi connectivity index (χ2n) is 7.04. The molecule has 1 aliphatic carbocycles. The van der Waals surface area contributed by atoms with E-state index in [-0.39, 0.29) is 6.03 Å². The van der Waals surface area contributed by atoms with Crippen molar-refractivity contribution in [3.63, 3.8) is 0 Å². The molecular weight excluding hydrogens is 262 g/mol. The number of amides is 2. The summed E-state index contributed by atoms with van der Waals surface area (Å²) in [5.41, 5.74) is 2.33. The number of carbonyl (C=O) groups is 1. The van der Waals surface area contributed by atoms with Gasteiger partial charge in [-0.1, -0.05) is 20.8 Å². The number of nitrogens with one attached hydrogen (secondary N) is 3. The second-order valence-corrected chi connectivity index (χ2v) is 7.04. The zero-order valence-corrected chi connectivity index (χ0v) is 13.5. The highest BCUT2D eigenvalue weighted by Crippen LogP contribution is 2.39. The highest BCUT2D eigenvalue weighted by atomic mass is 16.2. The summed E-state index contributed by atoms with van der Waals surface area (Å²) in [5, 5.41) is 8.94. The van der Waals surface area contributed by atoms with Gasteiger partial charge in [-0.3, -0.25) is 0 Å². The lowest BCUT2D eigenvalue weighted by atomic mass is 9.70. The van der Waals surface area contributed by atoms with Crippen LogP contribution in [0, 0.1) is 11.3 Å². The lowest BCUT2D eigenvalue weighted by Crippen LogP contribution is -2.35. The molecule has 2 rings (SSSR count). The first-order valence-electron chi connectivity index (χ1n) is 7.73. The summed E-state index contributed by atoms with van der Waals surface area (Å²) >= 11 is 0. The van der Waals surface area contributed by atoms with Crippen LogP contribution in [0.15, 0.2) is 24.3 Å². The van der Waals surface area contributed by atoms with Crippen LogP contribution in [0.4, 0.5) is 16.2 Å². The quantitative estimate of drug-likeness (QED) is 0.786. The normalized spacial score (nSPS) is 24.2. The van der Waals surface area contributed by atoms with Crippen molar-refractivity contribution >= 4 is 17.4 Å². The molecule has 21 heavy (non-hydrogen) atoms. The first-order valence-corrected chi connectivity index (χ1v) is 7.73. The Morgan fingerprint density at radius 1 is 1.14 bits per heavy atom. The largest absolute Gasteiger partial charge is 0.382 e. The molecule has 2 unspecified atom stereocenters. The molecule has 0 aromatic heterocycles. The summed E-state index contributed by atoms with van der Waals surface area (Å²) in [6.45, 7) is 7.05. The Morgan fingerprint density at radius 2 is 1.76 bits per heavy atom. The van der Waals surface area contributed by atoms with Crippen LogP contribution in [-0.2, 0) is 0 Å². The lowest BCUT2D eigenvalue weighted by molar-refractivity contribution is 0.178. The van der Waals surface area contributed by atoms with Crippen molar-refractivity contribution in [3.05, 3.63) is 24.3 Å². The number of urea groups is 1. The number of hydrogen-bond acceptors (Lipinski definition) is 2. The summed E-state index contributed by atoms with van der Waals surface area (Å²) in [4.78, 5) is 11.3. The van der Waals surface area contributed by atoms with Crippen molar-refractivity contribution in [2.24, 2.45) is 11.3 Å². The SMILES string of the molecule is CNC(=O)Nc1ccc(NC2CC(C)CC(C)(C)C2)cc1. The Balaban J connectivity index is 1.95. The molecule has 1 aromatic rings. The minimum atomic E-state index is -0.196. The highest BCUT2D eigenvalue weighted by molar-refractivity contribution is 5.89. The molecule has 4 heteroatoms. The van der Waals surface area contributed by atoms with E-state index in [4.69, 9.17) is 0 Å². The predicted octanol–water partition coefficient (Wildman–Crippen LogP) is 4.06. The Bertz CT molecular complexity index is 481. The topological polar surface area (TPSA) is 53.2 Å². The van der Waals surface area contributed by atoms with Crippen molar-refractivity contribution in [2.45, 2.75) is 46.1 Å². The van der Waals surface area contributed by atoms with Gasteiger partial charge >= 0.3 is 6.03 Å². The maximum absolute atomic E-state index is 11.3. The molecule has 1 aromatic carbocycles. The van der Waals surface area contributed by atoms with Crippen LogP contribution in [0.5, 0.6) is 0 Å². The Kier molecular flexibility index (Phi) is 4.76. The monoisotopic (exact) mass is 289 g/mol. The van der Waals surface area contributed by atoms with Crippen LogP contribution in [0.2, 0.25) is 0 Å². The molecule has 4 nitrogen and oxygen atoms in total. The first kappa shape index (κ1) is 15.7. The van der Waals surface area contributed by atoms with Crippen molar-refractivity contribution < 1.29 is 4.79 Å². The highest BCUT2D eigenvalue weighted by Gasteiger charge is 2.31. The van der Waals surface area contributed by atoms with Gasteiger partial charge in [0.25, 0.3) is 0 Å². The van der Waals surface area contributed by atoms with Crippen LogP contribution < -0.4 is 16.0 Å². The molecule has 3 N–H and O–H groups in total. The molecule has 0 spiro atoms. The van der Waals surface area contributed by atoms with Gasteiger partial charge in [0.15, 0.2) is 0 Å². The van der Waals surface area contributed by atoms with Gasteiger partial charge in [-0.15, -0.1) is 0 Å². The predicted molar refractivity (Wildman–Crippen MR) is 88.7 cm³/mol. The number of benzene rings is 1. The summed E-state index contributed by atoms with van der Waals surface area (Å²) in [7, 11) is 1.61. The van der Waals surface area contributed by atoms with Gasteiger partial charge in [0.05, 0.1) is 0 Å². The third-order valence-electron chi connectivity index (χ3n) is 4.13. The van der Waals surface area contributed by atoms with E-state index in [1.54, 1.807) is 7.05 Å². The van der Waals surface area contributed by atoms with Crippen molar-refractivity contribution in [2.75, 3.05) is 17.7 Å². The molecule has 116 valence electrons. The number of anilines is 2. The van der Waals surface area contributed by atoms with Gasteiger partial charge in [-0.05, 0) is 54.9 Å². The minimum absolute atomic E-state index is 0.196. The van der Waals surface area contributed by atoms with E-state index in [0.29, 0.717) is 11.5 Å². The first-order chi connectivity index (χ1) is 9.88. The Hall–Kier alpha value is -1.71.